The third-order valence-corrected chi connectivity index (χ3v) is 4.45. The molecular formula is C16H23NO3S. The number of hydrogen-bond donors (Lipinski definition) is 2. The van der Waals surface area contributed by atoms with Crippen molar-refractivity contribution in [2.24, 2.45) is 5.92 Å². The van der Waals surface area contributed by atoms with E-state index in [0.29, 0.717) is 6.42 Å². The summed E-state index contributed by atoms with van der Waals surface area (Å²) >= 11 is 1.70. The number of aliphatic carboxylic acids is 1. The van der Waals surface area contributed by atoms with Gasteiger partial charge in [-0.1, -0.05) is 38.5 Å². The van der Waals surface area contributed by atoms with Crippen molar-refractivity contribution in [3.8, 4) is 0 Å². The van der Waals surface area contributed by atoms with Crippen molar-refractivity contribution in [2.75, 3.05) is 5.75 Å². The smallest absolute Gasteiger partial charge is 0.326 e. The molecule has 0 heterocycles. The number of carboxylic acid groups (broad SMARTS) is 1. The lowest BCUT2D eigenvalue weighted by Gasteiger charge is -2.20. The molecule has 1 rings (SSSR count). The Balaban J connectivity index is 2.28. The highest BCUT2D eigenvalue weighted by Crippen LogP contribution is 2.18. The second kappa shape index (κ2) is 9.45. The maximum Gasteiger partial charge on any atom is 0.326 e. The number of thioether (sulfide) groups is 1. The number of carbonyl (C=O) groups excluding carboxylic acids is 1. The van der Waals surface area contributed by atoms with Gasteiger partial charge in [0, 0.05) is 11.3 Å². The second-order valence-electron chi connectivity index (χ2n) is 5.03. The molecule has 0 radical (unpaired) electrons. The van der Waals surface area contributed by atoms with Crippen LogP contribution in [0.5, 0.6) is 0 Å². The zero-order valence-corrected chi connectivity index (χ0v) is 13.4. The Hall–Kier alpha value is -1.49. The molecule has 0 saturated carbocycles. The fourth-order valence-corrected chi connectivity index (χ4v) is 2.74. The number of hydrogen-bond acceptors (Lipinski definition) is 3. The van der Waals surface area contributed by atoms with Crippen LogP contribution in [0.4, 0.5) is 0 Å². The van der Waals surface area contributed by atoms with E-state index in [4.69, 9.17) is 5.11 Å². The molecule has 1 amide bonds. The third kappa shape index (κ3) is 6.67. The summed E-state index contributed by atoms with van der Waals surface area (Å²) in [7, 11) is 0. The minimum absolute atomic E-state index is 0.0647. The van der Waals surface area contributed by atoms with Crippen LogP contribution in [0, 0.1) is 5.92 Å². The second-order valence-corrected chi connectivity index (χ2v) is 6.20. The van der Waals surface area contributed by atoms with Crippen molar-refractivity contribution in [1.82, 2.24) is 5.32 Å². The minimum Gasteiger partial charge on any atom is -0.480 e. The summed E-state index contributed by atoms with van der Waals surface area (Å²) in [4.78, 5) is 24.1. The van der Waals surface area contributed by atoms with Gasteiger partial charge in [0.1, 0.15) is 6.04 Å². The Kier molecular flexibility index (Phi) is 7.90. The number of carbonyl (C=O) groups is 2. The van der Waals surface area contributed by atoms with Gasteiger partial charge in [0.05, 0.1) is 0 Å². The topological polar surface area (TPSA) is 66.4 Å². The summed E-state index contributed by atoms with van der Waals surface area (Å²) < 4.78 is 0. The van der Waals surface area contributed by atoms with Crippen molar-refractivity contribution in [3.05, 3.63) is 30.3 Å². The summed E-state index contributed by atoms with van der Waals surface area (Å²) in [5.74, 6) is -0.365. The van der Waals surface area contributed by atoms with Gasteiger partial charge < -0.3 is 10.4 Å². The lowest BCUT2D eigenvalue weighted by atomic mass is 9.99. The largest absolute Gasteiger partial charge is 0.480 e. The Morgan fingerprint density at radius 3 is 2.52 bits per heavy atom. The van der Waals surface area contributed by atoms with Crippen LogP contribution in [0.3, 0.4) is 0 Å². The van der Waals surface area contributed by atoms with E-state index in [1.165, 1.54) is 4.90 Å². The first-order valence-corrected chi connectivity index (χ1v) is 8.23. The molecule has 1 aromatic rings. The van der Waals surface area contributed by atoms with Crippen molar-refractivity contribution < 1.29 is 14.7 Å². The number of carboxylic acids is 1. The Bertz CT molecular complexity index is 450. The molecular weight excluding hydrogens is 286 g/mol. The molecule has 2 atom stereocenters. The van der Waals surface area contributed by atoms with E-state index >= 15 is 0 Å². The number of nitrogens with one attached hydrogen (secondary N) is 1. The van der Waals surface area contributed by atoms with Gasteiger partial charge in [-0.25, -0.2) is 4.79 Å². The van der Waals surface area contributed by atoms with Crippen LogP contribution in [-0.4, -0.2) is 28.8 Å². The van der Waals surface area contributed by atoms with E-state index in [-0.39, 0.29) is 11.8 Å². The molecule has 0 fully saturated rings. The number of amides is 1. The predicted octanol–water partition coefficient (Wildman–Crippen LogP) is 3.17. The lowest BCUT2D eigenvalue weighted by molar-refractivity contribution is -0.143. The molecule has 0 bridgehead atoms. The van der Waals surface area contributed by atoms with Crippen LogP contribution < -0.4 is 5.32 Å². The molecule has 0 aliphatic heterocycles. The highest BCUT2D eigenvalue weighted by molar-refractivity contribution is 7.99. The molecule has 0 spiro atoms. The normalized spacial score (nSPS) is 13.4. The monoisotopic (exact) mass is 309 g/mol. The van der Waals surface area contributed by atoms with E-state index < -0.39 is 12.0 Å². The van der Waals surface area contributed by atoms with Gasteiger partial charge in [-0.2, -0.15) is 0 Å². The number of benzene rings is 1. The van der Waals surface area contributed by atoms with Crippen LogP contribution in [0.15, 0.2) is 35.2 Å². The average molecular weight is 309 g/mol. The van der Waals surface area contributed by atoms with Crippen LogP contribution in [-0.2, 0) is 9.59 Å². The average Bonchev–Trinajstić information content (AvgIpc) is 2.49. The van der Waals surface area contributed by atoms with Gasteiger partial charge in [0.25, 0.3) is 0 Å². The van der Waals surface area contributed by atoms with Crippen LogP contribution in [0.2, 0.25) is 0 Å². The van der Waals surface area contributed by atoms with Crippen molar-refractivity contribution >= 4 is 23.6 Å². The van der Waals surface area contributed by atoms with Gasteiger partial charge >= 0.3 is 5.97 Å². The standard InChI is InChI=1S/C16H23NO3S/c1-3-12(2)15(16(19)20)17-14(18)10-7-11-21-13-8-5-4-6-9-13/h4-6,8-9,12,15H,3,7,10-11H2,1-2H3,(H,17,18)(H,19,20)/t12-,15-/m0/s1. The van der Waals surface area contributed by atoms with Crippen LogP contribution in [0.25, 0.3) is 0 Å². The summed E-state index contributed by atoms with van der Waals surface area (Å²) in [6.07, 6.45) is 1.82. The summed E-state index contributed by atoms with van der Waals surface area (Å²) in [5, 5.41) is 11.7. The highest BCUT2D eigenvalue weighted by atomic mass is 32.2. The molecule has 5 heteroatoms. The maximum absolute atomic E-state index is 11.8. The predicted molar refractivity (Wildman–Crippen MR) is 85.4 cm³/mol. The maximum atomic E-state index is 11.8. The molecule has 0 saturated heterocycles. The first kappa shape index (κ1) is 17.6. The van der Waals surface area contributed by atoms with Gasteiger partial charge in [-0.15, -0.1) is 11.8 Å². The Morgan fingerprint density at radius 1 is 1.29 bits per heavy atom. The molecule has 4 nitrogen and oxygen atoms in total. The van der Waals surface area contributed by atoms with E-state index in [9.17, 15) is 9.59 Å². The number of rotatable bonds is 9. The van der Waals surface area contributed by atoms with Crippen molar-refractivity contribution in [3.63, 3.8) is 0 Å². The van der Waals surface area contributed by atoms with E-state index in [1.54, 1.807) is 11.8 Å². The first-order chi connectivity index (χ1) is 10.0. The summed E-state index contributed by atoms with van der Waals surface area (Å²) in [6.45, 7) is 3.76. The zero-order valence-electron chi connectivity index (χ0n) is 12.5. The fraction of sp³-hybridized carbons (Fsp3) is 0.500. The van der Waals surface area contributed by atoms with E-state index in [0.717, 1.165) is 18.6 Å². The minimum atomic E-state index is -0.962. The van der Waals surface area contributed by atoms with Crippen molar-refractivity contribution in [1.29, 1.82) is 0 Å². The molecule has 1 aromatic carbocycles. The van der Waals surface area contributed by atoms with Gasteiger partial charge in [0.2, 0.25) is 5.91 Å². The quantitative estimate of drug-likeness (QED) is 0.543. The molecule has 0 aliphatic carbocycles. The van der Waals surface area contributed by atoms with Crippen LogP contribution >= 0.6 is 11.8 Å². The fourth-order valence-electron chi connectivity index (χ4n) is 1.87. The molecule has 0 aliphatic rings. The van der Waals surface area contributed by atoms with E-state index in [1.807, 2.05) is 44.2 Å². The summed E-state index contributed by atoms with van der Waals surface area (Å²) in [5.41, 5.74) is 0. The van der Waals surface area contributed by atoms with E-state index in [2.05, 4.69) is 5.32 Å². The first-order valence-electron chi connectivity index (χ1n) is 7.24. The Labute approximate surface area is 130 Å². The highest BCUT2D eigenvalue weighted by Gasteiger charge is 2.24. The molecule has 0 aromatic heterocycles. The molecule has 0 unspecified atom stereocenters. The van der Waals surface area contributed by atoms with Gasteiger partial charge in [-0.3, -0.25) is 4.79 Å². The lowest BCUT2D eigenvalue weighted by Crippen LogP contribution is -2.44. The van der Waals surface area contributed by atoms with Crippen molar-refractivity contribution in [2.45, 2.75) is 44.0 Å². The Morgan fingerprint density at radius 2 is 1.95 bits per heavy atom. The summed E-state index contributed by atoms with van der Waals surface area (Å²) in [6, 6.07) is 9.22. The zero-order chi connectivity index (χ0) is 15.7. The van der Waals surface area contributed by atoms with Crippen LogP contribution in [0.1, 0.15) is 33.1 Å². The van der Waals surface area contributed by atoms with Gasteiger partial charge in [-0.05, 0) is 30.2 Å². The molecule has 116 valence electrons. The molecule has 2 N–H and O–H groups in total. The van der Waals surface area contributed by atoms with Gasteiger partial charge in [0.15, 0.2) is 0 Å². The third-order valence-electron chi connectivity index (χ3n) is 3.36. The SMILES string of the molecule is CC[C@H](C)[C@H](NC(=O)CCCSc1ccccc1)C(=O)O. The molecule has 21 heavy (non-hydrogen) atoms.